The molecule has 2 nitrogen and oxygen atoms in total. The van der Waals surface area contributed by atoms with Crippen molar-refractivity contribution in [2.75, 3.05) is 13.1 Å². The van der Waals surface area contributed by atoms with Gasteiger partial charge in [0.2, 0.25) is 0 Å². The summed E-state index contributed by atoms with van der Waals surface area (Å²) in [5.74, 6) is 2.00. The molecule has 1 aromatic rings. The summed E-state index contributed by atoms with van der Waals surface area (Å²) in [6, 6.07) is 11.5. The van der Waals surface area contributed by atoms with Gasteiger partial charge in [-0.2, -0.15) is 0 Å². The second-order valence-corrected chi connectivity index (χ2v) is 5.51. The van der Waals surface area contributed by atoms with E-state index in [9.17, 15) is 0 Å². The predicted molar refractivity (Wildman–Crippen MR) is 73.0 cm³/mol. The first kappa shape index (κ1) is 12.6. The molecule has 0 aliphatic heterocycles. The van der Waals surface area contributed by atoms with Crippen LogP contribution in [-0.2, 0) is 0 Å². The lowest BCUT2D eigenvalue weighted by atomic mass is 9.96. The molecule has 94 valence electrons. The molecular formula is C15H24N2. The van der Waals surface area contributed by atoms with Crippen LogP contribution in [0, 0.1) is 11.8 Å². The van der Waals surface area contributed by atoms with Crippen molar-refractivity contribution < 1.29 is 0 Å². The highest BCUT2D eigenvalue weighted by atomic mass is 15.0. The summed E-state index contributed by atoms with van der Waals surface area (Å²) in [6.45, 7) is 6.34. The molecule has 1 aliphatic carbocycles. The van der Waals surface area contributed by atoms with Crippen LogP contribution in [0.3, 0.4) is 0 Å². The number of nitrogens with two attached hydrogens (primary N) is 1. The molecule has 1 fully saturated rings. The molecule has 1 saturated carbocycles. The smallest absolute Gasteiger partial charge is 0.0143 e. The third-order valence-corrected chi connectivity index (χ3v) is 3.91. The van der Waals surface area contributed by atoms with Gasteiger partial charge in [0.15, 0.2) is 0 Å². The Hall–Kier alpha value is -0.860. The highest BCUT2D eigenvalue weighted by Crippen LogP contribution is 2.40. The maximum atomic E-state index is 5.79. The molecule has 0 aromatic heterocycles. The van der Waals surface area contributed by atoms with Crippen LogP contribution >= 0.6 is 0 Å². The molecule has 2 heteroatoms. The molecule has 3 N–H and O–H groups in total. The minimum atomic E-state index is 0.604. The standard InChI is InChI=1S/C15H24N2/c1-11(2)13(9-16)10-17-15-8-14(15)12-6-4-3-5-7-12/h3-7,11,13-15,17H,8-10,16H2,1-2H3. The quantitative estimate of drug-likeness (QED) is 0.790. The molecular weight excluding hydrogens is 208 g/mol. The number of hydrogen-bond acceptors (Lipinski definition) is 2. The van der Waals surface area contributed by atoms with Crippen LogP contribution in [0.25, 0.3) is 0 Å². The zero-order valence-electron chi connectivity index (χ0n) is 10.9. The molecule has 2 rings (SSSR count). The molecule has 0 radical (unpaired) electrons. The Bertz CT molecular complexity index is 334. The fourth-order valence-corrected chi connectivity index (χ4v) is 2.38. The minimum Gasteiger partial charge on any atom is -0.330 e. The van der Waals surface area contributed by atoms with Gasteiger partial charge >= 0.3 is 0 Å². The Morgan fingerprint density at radius 1 is 1.29 bits per heavy atom. The summed E-state index contributed by atoms with van der Waals surface area (Å²) in [5, 5.41) is 3.66. The highest BCUT2D eigenvalue weighted by Gasteiger charge is 2.37. The van der Waals surface area contributed by atoms with Gasteiger partial charge in [-0.05, 0) is 36.9 Å². The molecule has 0 saturated heterocycles. The van der Waals surface area contributed by atoms with Gasteiger partial charge in [0, 0.05) is 12.0 Å². The molecule has 0 amide bonds. The highest BCUT2D eigenvalue weighted by molar-refractivity contribution is 5.27. The van der Waals surface area contributed by atoms with E-state index in [0.29, 0.717) is 17.9 Å². The van der Waals surface area contributed by atoms with Gasteiger partial charge in [-0.25, -0.2) is 0 Å². The average molecular weight is 232 g/mol. The van der Waals surface area contributed by atoms with Crippen LogP contribution in [-0.4, -0.2) is 19.1 Å². The summed E-state index contributed by atoms with van der Waals surface area (Å²) in [7, 11) is 0. The van der Waals surface area contributed by atoms with E-state index in [2.05, 4.69) is 49.5 Å². The predicted octanol–water partition coefficient (Wildman–Crippen LogP) is 2.36. The molecule has 0 heterocycles. The van der Waals surface area contributed by atoms with Crippen LogP contribution in [0.4, 0.5) is 0 Å². The van der Waals surface area contributed by atoms with Crippen LogP contribution in [0.2, 0.25) is 0 Å². The third-order valence-electron chi connectivity index (χ3n) is 3.91. The maximum absolute atomic E-state index is 5.79. The van der Waals surface area contributed by atoms with Gasteiger partial charge in [-0.1, -0.05) is 44.2 Å². The first-order chi connectivity index (χ1) is 8.22. The number of benzene rings is 1. The van der Waals surface area contributed by atoms with E-state index in [4.69, 9.17) is 5.73 Å². The first-order valence-electron chi connectivity index (χ1n) is 6.70. The molecule has 17 heavy (non-hydrogen) atoms. The lowest BCUT2D eigenvalue weighted by Crippen LogP contribution is -2.33. The Morgan fingerprint density at radius 3 is 2.59 bits per heavy atom. The number of nitrogens with one attached hydrogen (secondary N) is 1. The summed E-state index contributed by atoms with van der Waals surface area (Å²) < 4.78 is 0. The van der Waals surface area contributed by atoms with Gasteiger partial charge in [0.1, 0.15) is 0 Å². The molecule has 3 unspecified atom stereocenters. The van der Waals surface area contributed by atoms with Crippen molar-refractivity contribution in [3.8, 4) is 0 Å². The van der Waals surface area contributed by atoms with Gasteiger partial charge in [-0.15, -0.1) is 0 Å². The van der Waals surface area contributed by atoms with Crippen molar-refractivity contribution in [1.82, 2.24) is 5.32 Å². The van der Waals surface area contributed by atoms with Crippen molar-refractivity contribution in [3.63, 3.8) is 0 Å². The number of rotatable bonds is 6. The van der Waals surface area contributed by atoms with Crippen LogP contribution in [0.1, 0.15) is 31.7 Å². The minimum absolute atomic E-state index is 0.604. The Kier molecular flexibility index (Phi) is 4.19. The van der Waals surface area contributed by atoms with E-state index in [0.717, 1.165) is 19.0 Å². The fraction of sp³-hybridized carbons (Fsp3) is 0.600. The van der Waals surface area contributed by atoms with E-state index >= 15 is 0 Å². The zero-order chi connectivity index (χ0) is 12.3. The largest absolute Gasteiger partial charge is 0.330 e. The van der Waals surface area contributed by atoms with E-state index in [-0.39, 0.29) is 0 Å². The first-order valence-corrected chi connectivity index (χ1v) is 6.70. The van der Waals surface area contributed by atoms with Crippen molar-refractivity contribution in [2.24, 2.45) is 17.6 Å². The lowest BCUT2D eigenvalue weighted by molar-refractivity contribution is 0.369. The Balaban J connectivity index is 1.77. The molecule has 0 spiro atoms. The summed E-state index contributed by atoms with van der Waals surface area (Å²) >= 11 is 0. The molecule has 0 bridgehead atoms. The van der Waals surface area contributed by atoms with E-state index in [1.807, 2.05) is 0 Å². The van der Waals surface area contributed by atoms with E-state index in [1.54, 1.807) is 0 Å². The van der Waals surface area contributed by atoms with Gasteiger partial charge < -0.3 is 11.1 Å². The fourth-order valence-electron chi connectivity index (χ4n) is 2.38. The zero-order valence-corrected chi connectivity index (χ0v) is 10.9. The lowest BCUT2D eigenvalue weighted by Gasteiger charge is -2.19. The summed E-state index contributed by atoms with van der Waals surface area (Å²) in [5.41, 5.74) is 7.26. The Morgan fingerprint density at radius 2 is 2.00 bits per heavy atom. The molecule has 1 aliphatic rings. The molecule has 3 atom stereocenters. The normalized spacial score (nSPS) is 24.9. The van der Waals surface area contributed by atoms with Gasteiger partial charge in [0.25, 0.3) is 0 Å². The SMILES string of the molecule is CC(C)C(CN)CNC1CC1c1ccccc1. The Labute approximate surface area is 105 Å². The van der Waals surface area contributed by atoms with Crippen molar-refractivity contribution >= 4 is 0 Å². The molecule has 1 aromatic carbocycles. The second kappa shape index (κ2) is 5.65. The van der Waals surface area contributed by atoms with Crippen LogP contribution < -0.4 is 11.1 Å². The summed E-state index contributed by atoms with van der Waals surface area (Å²) in [6.07, 6.45) is 1.28. The van der Waals surface area contributed by atoms with Crippen LogP contribution in [0.15, 0.2) is 30.3 Å². The third kappa shape index (κ3) is 3.30. The van der Waals surface area contributed by atoms with Crippen molar-refractivity contribution in [2.45, 2.75) is 32.2 Å². The monoisotopic (exact) mass is 232 g/mol. The van der Waals surface area contributed by atoms with Gasteiger partial charge in [-0.3, -0.25) is 0 Å². The van der Waals surface area contributed by atoms with Gasteiger partial charge in [0.05, 0.1) is 0 Å². The summed E-state index contributed by atoms with van der Waals surface area (Å²) in [4.78, 5) is 0. The van der Waals surface area contributed by atoms with E-state index < -0.39 is 0 Å². The maximum Gasteiger partial charge on any atom is 0.0143 e. The van der Waals surface area contributed by atoms with Crippen molar-refractivity contribution in [1.29, 1.82) is 0 Å². The average Bonchev–Trinajstić information content (AvgIpc) is 3.10. The van der Waals surface area contributed by atoms with Crippen molar-refractivity contribution in [3.05, 3.63) is 35.9 Å². The number of hydrogen-bond donors (Lipinski definition) is 2. The van der Waals surface area contributed by atoms with Crippen LogP contribution in [0.5, 0.6) is 0 Å². The van der Waals surface area contributed by atoms with E-state index in [1.165, 1.54) is 12.0 Å². The topological polar surface area (TPSA) is 38.0 Å². The second-order valence-electron chi connectivity index (χ2n) is 5.51.